The first kappa shape index (κ1) is 18.2. The van der Waals surface area contributed by atoms with Crippen LogP contribution in [-0.4, -0.2) is 38.7 Å². The van der Waals surface area contributed by atoms with Gasteiger partial charge in [0.25, 0.3) is 5.56 Å². The minimum Gasteiger partial charge on any atom is -0.342 e. The zero-order valence-electron chi connectivity index (χ0n) is 16.5. The molecular weight excluding hydrogens is 384 g/mol. The number of pyridine rings is 1. The van der Waals surface area contributed by atoms with Crippen LogP contribution in [0.15, 0.2) is 41.2 Å². The Hall–Kier alpha value is -2.80. The van der Waals surface area contributed by atoms with Gasteiger partial charge in [-0.1, -0.05) is 29.5 Å². The van der Waals surface area contributed by atoms with Crippen molar-refractivity contribution in [2.24, 2.45) is 5.92 Å². The lowest BCUT2D eigenvalue weighted by Gasteiger charge is -2.42. The van der Waals surface area contributed by atoms with Gasteiger partial charge >= 0.3 is 0 Å². The van der Waals surface area contributed by atoms with Gasteiger partial charge in [0.1, 0.15) is 10.0 Å². The number of hydrogen-bond acceptors (Lipinski definition) is 5. The Bertz CT molecular complexity index is 1170. The summed E-state index contributed by atoms with van der Waals surface area (Å²) in [4.78, 5) is 26.8. The van der Waals surface area contributed by atoms with E-state index in [9.17, 15) is 9.59 Å². The molecule has 0 saturated carbocycles. The number of carbonyl (C=O) groups is 1. The van der Waals surface area contributed by atoms with Crippen LogP contribution in [0.5, 0.6) is 0 Å². The molecule has 0 radical (unpaired) electrons. The number of benzene rings is 1. The summed E-state index contributed by atoms with van der Waals surface area (Å²) in [5, 5.41) is 10.2. The number of fused-ring (bicyclic) bond motifs is 4. The molecule has 148 valence electrons. The number of aryl methyl sites for hydroxylation is 1. The molecule has 1 saturated heterocycles. The lowest BCUT2D eigenvalue weighted by Crippen LogP contribution is -2.48. The molecule has 2 aliphatic heterocycles. The van der Waals surface area contributed by atoms with Crippen LogP contribution < -0.4 is 5.56 Å². The molecule has 0 aliphatic carbocycles. The zero-order chi connectivity index (χ0) is 20.1. The van der Waals surface area contributed by atoms with E-state index in [1.165, 1.54) is 0 Å². The van der Waals surface area contributed by atoms with Crippen molar-refractivity contribution in [2.45, 2.75) is 32.7 Å². The molecule has 4 heterocycles. The third kappa shape index (κ3) is 3.29. The van der Waals surface area contributed by atoms with E-state index in [1.807, 2.05) is 34.6 Å². The van der Waals surface area contributed by atoms with Gasteiger partial charge in [-0.3, -0.25) is 9.59 Å². The SMILES string of the molecule is CC(=O)N1C[C@@H]2C[C@H](C1)c1cc(-c3cccc(-c4nnc(C)s4)c3)cc(=O)n1C2. The molecule has 0 spiro atoms. The van der Waals surface area contributed by atoms with Crippen LogP contribution in [-0.2, 0) is 11.3 Å². The van der Waals surface area contributed by atoms with Gasteiger partial charge in [-0.15, -0.1) is 10.2 Å². The smallest absolute Gasteiger partial charge is 0.251 e. The molecular formula is C22H22N4O2S. The van der Waals surface area contributed by atoms with Crippen molar-refractivity contribution in [2.75, 3.05) is 13.1 Å². The molecule has 0 N–H and O–H groups in total. The van der Waals surface area contributed by atoms with Crippen LogP contribution in [0.2, 0.25) is 0 Å². The van der Waals surface area contributed by atoms with E-state index in [4.69, 9.17) is 0 Å². The molecule has 3 aromatic rings. The normalized spacial score (nSPS) is 20.4. The van der Waals surface area contributed by atoms with E-state index in [2.05, 4.69) is 22.3 Å². The van der Waals surface area contributed by atoms with Gasteiger partial charge in [-0.25, -0.2) is 0 Å². The summed E-state index contributed by atoms with van der Waals surface area (Å²) in [7, 11) is 0. The van der Waals surface area contributed by atoms with Gasteiger partial charge in [-0.2, -0.15) is 0 Å². The number of carbonyl (C=O) groups excluding carboxylic acids is 1. The zero-order valence-corrected chi connectivity index (χ0v) is 17.3. The van der Waals surface area contributed by atoms with Gasteiger partial charge < -0.3 is 9.47 Å². The van der Waals surface area contributed by atoms with Gasteiger partial charge in [-0.05, 0) is 42.5 Å². The van der Waals surface area contributed by atoms with Gasteiger partial charge in [0.15, 0.2) is 0 Å². The maximum absolute atomic E-state index is 12.9. The molecule has 2 aromatic heterocycles. The molecule has 5 rings (SSSR count). The summed E-state index contributed by atoms with van der Waals surface area (Å²) >= 11 is 1.56. The third-order valence-corrected chi connectivity index (χ3v) is 6.86. The lowest BCUT2D eigenvalue weighted by molar-refractivity contribution is -0.131. The van der Waals surface area contributed by atoms with Crippen molar-refractivity contribution in [3.8, 4) is 21.7 Å². The predicted molar refractivity (Wildman–Crippen MR) is 113 cm³/mol. The number of rotatable bonds is 2. The molecule has 1 aromatic carbocycles. The second kappa shape index (κ2) is 6.91. The second-order valence-electron chi connectivity index (χ2n) is 8.05. The van der Waals surface area contributed by atoms with E-state index < -0.39 is 0 Å². The number of hydrogen-bond donors (Lipinski definition) is 0. The molecule has 2 bridgehead atoms. The Kier molecular flexibility index (Phi) is 4.35. The Morgan fingerprint density at radius 1 is 1.07 bits per heavy atom. The number of piperidine rings is 1. The average Bonchev–Trinajstić information content (AvgIpc) is 3.15. The maximum Gasteiger partial charge on any atom is 0.251 e. The number of amides is 1. The van der Waals surface area contributed by atoms with Gasteiger partial charge in [0, 0.05) is 49.8 Å². The Labute approximate surface area is 172 Å². The summed E-state index contributed by atoms with van der Waals surface area (Å²) in [5.41, 5.74) is 4.01. The first-order valence-corrected chi connectivity index (χ1v) is 10.7. The van der Waals surface area contributed by atoms with E-state index in [0.717, 1.165) is 45.4 Å². The van der Waals surface area contributed by atoms with E-state index in [1.54, 1.807) is 24.3 Å². The molecule has 6 nitrogen and oxygen atoms in total. The summed E-state index contributed by atoms with van der Waals surface area (Å²) in [5.74, 6) is 0.692. The second-order valence-corrected chi connectivity index (χ2v) is 9.23. The van der Waals surface area contributed by atoms with Crippen LogP contribution in [0.25, 0.3) is 21.7 Å². The van der Waals surface area contributed by atoms with Gasteiger partial charge in [0.05, 0.1) is 0 Å². The van der Waals surface area contributed by atoms with Crippen molar-refractivity contribution in [3.63, 3.8) is 0 Å². The van der Waals surface area contributed by atoms with E-state index in [-0.39, 0.29) is 17.4 Å². The monoisotopic (exact) mass is 406 g/mol. The Balaban J connectivity index is 1.55. The van der Waals surface area contributed by atoms with Crippen LogP contribution in [0.1, 0.15) is 30.0 Å². The van der Waals surface area contributed by atoms with Crippen LogP contribution in [0.4, 0.5) is 0 Å². The standard InChI is InChI=1S/C22H22N4O2S/c1-13-23-24-22(29-13)17-5-3-4-16(7-17)18-8-20-19-6-15(10-25(12-19)14(2)27)11-26(20)21(28)9-18/h3-5,7-9,15,19H,6,10-12H2,1-2H3/t15-,19+/m0/s1. The largest absolute Gasteiger partial charge is 0.342 e. The van der Waals surface area contributed by atoms with Crippen LogP contribution in [0, 0.1) is 12.8 Å². The summed E-state index contributed by atoms with van der Waals surface area (Å²) < 4.78 is 1.91. The predicted octanol–water partition coefficient (Wildman–Crippen LogP) is 3.31. The van der Waals surface area contributed by atoms with Crippen LogP contribution in [0.3, 0.4) is 0 Å². The number of nitrogens with zero attached hydrogens (tertiary/aromatic N) is 4. The molecule has 1 fully saturated rings. The third-order valence-electron chi connectivity index (χ3n) is 5.97. The highest BCUT2D eigenvalue weighted by atomic mass is 32.1. The first-order valence-electron chi connectivity index (χ1n) is 9.89. The van der Waals surface area contributed by atoms with Crippen molar-refractivity contribution < 1.29 is 4.79 Å². The quantitative estimate of drug-likeness (QED) is 0.655. The Morgan fingerprint density at radius 3 is 2.66 bits per heavy atom. The lowest BCUT2D eigenvalue weighted by atomic mass is 9.82. The van der Waals surface area contributed by atoms with Crippen LogP contribution >= 0.6 is 11.3 Å². The maximum atomic E-state index is 12.9. The fourth-order valence-electron chi connectivity index (χ4n) is 4.63. The summed E-state index contributed by atoms with van der Waals surface area (Å²) in [6.07, 6.45) is 1.04. The van der Waals surface area contributed by atoms with Gasteiger partial charge in [0.2, 0.25) is 5.91 Å². The molecule has 0 unspecified atom stereocenters. The van der Waals surface area contributed by atoms with E-state index >= 15 is 0 Å². The number of aromatic nitrogens is 3. The first-order chi connectivity index (χ1) is 14.0. The molecule has 2 aliphatic rings. The fraction of sp³-hybridized carbons (Fsp3) is 0.364. The van der Waals surface area contributed by atoms with Crippen molar-refractivity contribution in [3.05, 3.63) is 57.5 Å². The summed E-state index contributed by atoms with van der Waals surface area (Å²) in [6.45, 7) is 5.71. The number of likely N-dealkylation sites (tertiary alicyclic amines) is 1. The van der Waals surface area contributed by atoms with Crippen molar-refractivity contribution in [1.82, 2.24) is 19.7 Å². The minimum absolute atomic E-state index is 0.0423. The highest BCUT2D eigenvalue weighted by molar-refractivity contribution is 7.14. The molecule has 1 amide bonds. The Morgan fingerprint density at radius 2 is 1.90 bits per heavy atom. The van der Waals surface area contributed by atoms with E-state index in [0.29, 0.717) is 19.0 Å². The highest BCUT2D eigenvalue weighted by Gasteiger charge is 2.35. The topological polar surface area (TPSA) is 68.1 Å². The fourth-order valence-corrected chi connectivity index (χ4v) is 5.32. The molecule has 7 heteroatoms. The average molecular weight is 407 g/mol. The van der Waals surface area contributed by atoms with Crippen molar-refractivity contribution >= 4 is 17.2 Å². The summed E-state index contributed by atoms with van der Waals surface area (Å²) in [6, 6.07) is 12.0. The van der Waals surface area contributed by atoms with Crippen molar-refractivity contribution in [1.29, 1.82) is 0 Å². The molecule has 2 atom stereocenters. The minimum atomic E-state index is 0.0423. The molecule has 29 heavy (non-hydrogen) atoms. The highest BCUT2D eigenvalue weighted by Crippen LogP contribution is 2.37.